The van der Waals surface area contributed by atoms with Gasteiger partial charge in [-0.3, -0.25) is 9.59 Å². The molecule has 0 aliphatic rings. The minimum absolute atomic E-state index is 0.0108. The third kappa shape index (κ3) is 4.77. The van der Waals surface area contributed by atoms with Crippen LogP contribution in [0.25, 0.3) is 0 Å². The van der Waals surface area contributed by atoms with E-state index in [2.05, 4.69) is 5.32 Å². The molecule has 1 N–H and O–H groups in total. The van der Waals surface area contributed by atoms with Crippen molar-refractivity contribution in [3.63, 3.8) is 0 Å². The van der Waals surface area contributed by atoms with Gasteiger partial charge in [0.1, 0.15) is 18.4 Å². The van der Waals surface area contributed by atoms with Crippen molar-refractivity contribution in [2.45, 2.75) is 26.5 Å². The first-order chi connectivity index (χ1) is 10.5. The van der Waals surface area contributed by atoms with Gasteiger partial charge < -0.3 is 14.6 Å². The van der Waals surface area contributed by atoms with Crippen molar-refractivity contribution in [2.75, 3.05) is 6.54 Å². The van der Waals surface area contributed by atoms with Gasteiger partial charge in [-0.2, -0.15) is 0 Å². The molecule has 1 unspecified atom stereocenters. The van der Waals surface area contributed by atoms with Crippen molar-refractivity contribution in [1.29, 1.82) is 0 Å². The Morgan fingerprint density at radius 1 is 1.27 bits per heavy atom. The van der Waals surface area contributed by atoms with E-state index in [0.717, 1.165) is 11.3 Å². The average Bonchev–Trinajstić information content (AvgIpc) is 2.48. The van der Waals surface area contributed by atoms with Gasteiger partial charge in [0, 0.05) is 12.3 Å². The summed E-state index contributed by atoms with van der Waals surface area (Å²) in [5.41, 5.74) is 0.930. The summed E-state index contributed by atoms with van der Waals surface area (Å²) in [5.74, 6) is 0.564. The minimum Gasteiger partial charge on any atom is -0.489 e. The zero-order valence-electron chi connectivity index (χ0n) is 12.8. The maximum atomic E-state index is 11.8. The molecule has 0 spiro atoms. The van der Waals surface area contributed by atoms with Crippen molar-refractivity contribution < 1.29 is 9.53 Å². The molecular weight excluding hydrogens is 280 g/mol. The number of carbonyl (C=O) groups excluding carboxylic acids is 1. The summed E-state index contributed by atoms with van der Waals surface area (Å²) in [6.07, 6.45) is 1.44. The van der Waals surface area contributed by atoms with Gasteiger partial charge >= 0.3 is 0 Å². The van der Waals surface area contributed by atoms with Crippen molar-refractivity contribution in [3.8, 4) is 5.75 Å². The Labute approximate surface area is 129 Å². The smallest absolute Gasteiger partial charge is 0.250 e. The van der Waals surface area contributed by atoms with Gasteiger partial charge in [0.15, 0.2) is 0 Å². The van der Waals surface area contributed by atoms with Crippen LogP contribution >= 0.6 is 0 Å². The van der Waals surface area contributed by atoms with E-state index in [1.54, 1.807) is 18.3 Å². The zero-order chi connectivity index (χ0) is 15.9. The lowest BCUT2D eigenvalue weighted by Crippen LogP contribution is -2.37. The molecule has 0 aliphatic carbocycles. The van der Waals surface area contributed by atoms with Crippen molar-refractivity contribution >= 4 is 5.91 Å². The molecular formula is C17H20N2O3. The molecule has 0 saturated carbocycles. The molecule has 5 nitrogen and oxygen atoms in total. The highest BCUT2D eigenvalue weighted by atomic mass is 16.5. The predicted molar refractivity (Wildman–Crippen MR) is 85.0 cm³/mol. The number of carbonyl (C=O) groups is 1. The molecule has 0 saturated heterocycles. The number of benzene rings is 1. The molecule has 1 atom stereocenters. The molecule has 1 aromatic carbocycles. The Balaban J connectivity index is 1.81. The van der Waals surface area contributed by atoms with E-state index < -0.39 is 0 Å². The molecule has 1 aromatic heterocycles. The van der Waals surface area contributed by atoms with Crippen molar-refractivity contribution in [3.05, 3.63) is 64.6 Å². The van der Waals surface area contributed by atoms with E-state index in [-0.39, 0.29) is 24.1 Å². The van der Waals surface area contributed by atoms with Gasteiger partial charge in [-0.1, -0.05) is 18.2 Å². The quantitative estimate of drug-likeness (QED) is 0.884. The predicted octanol–water partition coefficient (Wildman–Crippen LogP) is 1.74. The minimum atomic E-state index is -0.215. The fourth-order valence-electron chi connectivity index (χ4n) is 2.02. The number of rotatable bonds is 6. The molecule has 0 aliphatic heterocycles. The molecule has 0 fully saturated rings. The fourth-order valence-corrected chi connectivity index (χ4v) is 2.02. The van der Waals surface area contributed by atoms with Gasteiger partial charge in [0.2, 0.25) is 5.91 Å². The normalized spacial score (nSPS) is 11.7. The fraction of sp³-hybridized carbons (Fsp3) is 0.294. The number of hydrogen-bond donors (Lipinski definition) is 1. The first-order valence-corrected chi connectivity index (χ1v) is 7.20. The Morgan fingerprint density at radius 2 is 2.09 bits per heavy atom. The van der Waals surface area contributed by atoms with E-state index in [9.17, 15) is 9.59 Å². The Kier molecular flexibility index (Phi) is 5.36. The van der Waals surface area contributed by atoms with Crippen LogP contribution in [0.3, 0.4) is 0 Å². The highest BCUT2D eigenvalue weighted by Gasteiger charge is 2.08. The summed E-state index contributed by atoms with van der Waals surface area (Å²) >= 11 is 0. The number of ether oxygens (including phenoxy) is 1. The van der Waals surface area contributed by atoms with Gasteiger partial charge in [0.25, 0.3) is 5.56 Å². The van der Waals surface area contributed by atoms with Crippen LogP contribution in [0.4, 0.5) is 0 Å². The Morgan fingerprint density at radius 3 is 2.82 bits per heavy atom. The lowest BCUT2D eigenvalue weighted by atomic mass is 10.2. The lowest BCUT2D eigenvalue weighted by molar-refractivity contribution is -0.122. The van der Waals surface area contributed by atoms with Gasteiger partial charge in [-0.05, 0) is 37.6 Å². The molecule has 1 amide bonds. The molecule has 2 rings (SSSR count). The van der Waals surface area contributed by atoms with Gasteiger partial charge in [-0.25, -0.2) is 0 Å². The highest BCUT2D eigenvalue weighted by Crippen LogP contribution is 2.13. The summed E-state index contributed by atoms with van der Waals surface area (Å²) in [6.45, 7) is 4.28. The van der Waals surface area contributed by atoms with E-state index >= 15 is 0 Å². The molecule has 22 heavy (non-hydrogen) atoms. The van der Waals surface area contributed by atoms with Crippen LogP contribution in [0, 0.1) is 6.92 Å². The summed E-state index contributed by atoms with van der Waals surface area (Å²) in [6, 6.07) is 12.6. The lowest BCUT2D eigenvalue weighted by Gasteiger charge is -2.16. The van der Waals surface area contributed by atoms with Crippen molar-refractivity contribution in [2.24, 2.45) is 0 Å². The largest absolute Gasteiger partial charge is 0.489 e. The summed E-state index contributed by atoms with van der Waals surface area (Å²) < 4.78 is 7.10. The number of aromatic nitrogens is 1. The third-order valence-corrected chi connectivity index (χ3v) is 3.13. The summed E-state index contributed by atoms with van der Waals surface area (Å²) in [7, 11) is 0. The molecule has 116 valence electrons. The van der Waals surface area contributed by atoms with Crippen LogP contribution < -0.4 is 15.6 Å². The standard InChI is InChI=1S/C17H20N2O3/c1-13-6-5-7-15(10-13)22-14(2)11-18-16(20)12-19-9-4-3-8-17(19)21/h3-10,14H,11-12H2,1-2H3,(H,18,20). The summed E-state index contributed by atoms with van der Waals surface area (Å²) in [4.78, 5) is 23.4. The van der Waals surface area contributed by atoms with Crippen LogP contribution in [0.2, 0.25) is 0 Å². The molecule has 0 bridgehead atoms. The first kappa shape index (κ1) is 15.8. The van der Waals surface area contributed by atoms with E-state index in [0.29, 0.717) is 6.54 Å². The van der Waals surface area contributed by atoms with Crippen molar-refractivity contribution in [1.82, 2.24) is 9.88 Å². The van der Waals surface area contributed by atoms with Crippen LogP contribution in [0.1, 0.15) is 12.5 Å². The Hall–Kier alpha value is -2.56. The number of nitrogens with one attached hydrogen (secondary N) is 1. The summed E-state index contributed by atoms with van der Waals surface area (Å²) in [5, 5.41) is 2.77. The second-order valence-corrected chi connectivity index (χ2v) is 5.22. The number of amides is 1. The average molecular weight is 300 g/mol. The van der Waals surface area contributed by atoms with Crippen LogP contribution in [0.5, 0.6) is 5.75 Å². The van der Waals surface area contributed by atoms with E-state index in [4.69, 9.17) is 4.74 Å². The number of aryl methyl sites for hydroxylation is 1. The van der Waals surface area contributed by atoms with Gasteiger partial charge in [0.05, 0.1) is 6.54 Å². The van der Waals surface area contributed by atoms with Crippen LogP contribution in [0.15, 0.2) is 53.5 Å². The number of pyridine rings is 1. The third-order valence-electron chi connectivity index (χ3n) is 3.13. The highest BCUT2D eigenvalue weighted by molar-refractivity contribution is 5.75. The monoisotopic (exact) mass is 300 g/mol. The number of hydrogen-bond acceptors (Lipinski definition) is 3. The second kappa shape index (κ2) is 7.45. The maximum absolute atomic E-state index is 11.8. The number of nitrogens with zero attached hydrogens (tertiary/aromatic N) is 1. The van der Waals surface area contributed by atoms with Crippen LogP contribution in [-0.2, 0) is 11.3 Å². The van der Waals surface area contributed by atoms with E-state index in [1.165, 1.54) is 10.6 Å². The molecule has 1 heterocycles. The maximum Gasteiger partial charge on any atom is 0.250 e. The Bertz CT molecular complexity index is 694. The topological polar surface area (TPSA) is 60.3 Å². The van der Waals surface area contributed by atoms with Gasteiger partial charge in [-0.15, -0.1) is 0 Å². The molecule has 5 heteroatoms. The molecule has 0 radical (unpaired) electrons. The molecule has 2 aromatic rings. The first-order valence-electron chi connectivity index (χ1n) is 7.20. The second-order valence-electron chi connectivity index (χ2n) is 5.22. The van der Waals surface area contributed by atoms with E-state index in [1.807, 2.05) is 38.1 Å². The zero-order valence-corrected chi connectivity index (χ0v) is 12.8. The van der Waals surface area contributed by atoms with Crippen LogP contribution in [-0.4, -0.2) is 23.1 Å². The SMILES string of the molecule is Cc1cccc(OC(C)CNC(=O)Cn2ccccc2=O)c1.